The highest BCUT2D eigenvalue weighted by Crippen LogP contribution is 2.20. The fourth-order valence-corrected chi connectivity index (χ4v) is 2.90. The summed E-state index contributed by atoms with van der Waals surface area (Å²) < 4.78 is 5.35. The molecule has 0 aliphatic heterocycles. The Labute approximate surface area is 131 Å². The molecule has 0 atom stereocenters. The van der Waals surface area contributed by atoms with Gasteiger partial charge in [0, 0.05) is 18.0 Å². The minimum atomic E-state index is -1.06. The van der Waals surface area contributed by atoms with E-state index in [2.05, 4.69) is 0 Å². The Kier molecular flexibility index (Phi) is 4.46. The molecule has 0 fully saturated rings. The van der Waals surface area contributed by atoms with Gasteiger partial charge in [-0.2, -0.15) is 0 Å². The number of carboxylic acid groups (broad SMARTS) is 1. The van der Waals surface area contributed by atoms with Gasteiger partial charge >= 0.3 is 5.97 Å². The van der Waals surface area contributed by atoms with Crippen LogP contribution in [0, 0.1) is 6.92 Å². The molecule has 0 bridgehead atoms. The zero-order valence-electron chi connectivity index (χ0n) is 12.4. The van der Waals surface area contributed by atoms with Crippen LogP contribution in [0.2, 0.25) is 0 Å². The molecule has 0 unspecified atom stereocenters. The molecule has 0 saturated carbocycles. The average Bonchev–Trinajstić information content (AvgIpc) is 3.04. The molecule has 0 spiro atoms. The van der Waals surface area contributed by atoms with E-state index in [-0.39, 0.29) is 23.8 Å². The van der Waals surface area contributed by atoms with Crippen LogP contribution in [-0.2, 0) is 6.54 Å². The highest BCUT2D eigenvalue weighted by atomic mass is 32.1. The van der Waals surface area contributed by atoms with E-state index in [1.165, 1.54) is 29.2 Å². The summed E-state index contributed by atoms with van der Waals surface area (Å²) in [4.78, 5) is 36.4. The molecule has 0 aliphatic carbocycles. The first-order chi connectivity index (χ1) is 10.3. The molecule has 7 heteroatoms. The molecule has 0 radical (unpaired) electrons. The van der Waals surface area contributed by atoms with Gasteiger partial charge in [-0.15, -0.1) is 11.3 Å². The van der Waals surface area contributed by atoms with E-state index < -0.39 is 5.97 Å². The average molecular weight is 321 g/mol. The maximum absolute atomic E-state index is 12.3. The van der Waals surface area contributed by atoms with E-state index in [1.807, 2.05) is 0 Å². The number of carboxylic acids is 1. The normalized spacial score (nSPS) is 10.5. The number of aromatic carboxylic acids is 1. The van der Waals surface area contributed by atoms with Gasteiger partial charge < -0.3 is 14.4 Å². The topological polar surface area (TPSA) is 87.8 Å². The molecule has 2 aromatic heterocycles. The molecule has 22 heavy (non-hydrogen) atoms. The zero-order valence-corrected chi connectivity index (χ0v) is 13.2. The Morgan fingerprint density at radius 2 is 2.00 bits per heavy atom. The molecular weight excluding hydrogens is 306 g/mol. The van der Waals surface area contributed by atoms with Crippen LogP contribution in [0.3, 0.4) is 0 Å². The Balaban J connectivity index is 2.12. The largest absolute Gasteiger partial charge is 0.478 e. The van der Waals surface area contributed by atoms with Gasteiger partial charge in [0.05, 0.1) is 11.4 Å². The Hall–Kier alpha value is -2.41. The van der Waals surface area contributed by atoms with E-state index in [4.69, 9.17) is 9.52 Å². The number of hydrogen-bond donors (Lipinski definition) is 1. The third-order valence-electron chi connectivity index (χ3n) is 3.16. The maximum atomic E-state index is 12.3. The molecule has 0 aromatic carbocycles. The fraction of sp³-hybridized carbons (Fsp3) is 0.267. The van der Waals surface area contributed by atoms with Crippen molar-refractivity contribution in [1.82, 2.24) is 4.90 Å². The van der Waals surface area contributed by atoms with Crippen LogP contribution in [0.4, 0.5) is 0 Å². The standard InChI is InChI=1S/C15H15NO5S/c1-8(17)10-4-13(22-7-10)14(18)16(3)6-11-5-12(15(19)20)9(2)21-11/h4-5,7H,6H2,1-3H3,(H,19,20). The summed E-state index contributed by atoms with van der Waals surface area (Å²) in [5.41, 5.74) is 0.592. The van der Waals surface area contributed by atoms with Gasteiger partial charge in [0.15, 0.2) is 5.78 Å². The second kappa shape index (κ2) is 6.15. The van der Waals surface area contributed by atoms with Crippen molar-refractivity contribution < 1.29 is 23.9 Å². The number of nitrogens with zero attached hydrogens (tertiary/aromatic N) is 1. The number of ketones is 1. The van der Waals surface area contributed by atoms with Crippen LogP contribution in [0.25, 0.3) is 0 Å². The Morgan fingerprint density at radius 3 is 2.50 bits per heavy atom. The third kappa shape index (κ3) is 3.25. The van der Waals surface area contributed by atoms with Crippen molar-refractivity contribution in [1.29, 1.82) is 0 Å². The highest BCUT2D eigenvalue weighted by Gasteiger charge is 2.19. The fourth-order valence-electron chi connectivity index (χ4n) is 1.96. The summed E-state index contributed by atoms with van der Waals surface area (Å²) >= 11 is 1.20. The van der Waals surface area contributed by atoms with Crippen molar-refractivity contribution in [3.63, 3.8) is 0 Å². The number of aryl methyl sites for hydroxylation is 1. The van der Waals surface area contributed by atoms with Gasteiger partial charge in [-0.3, -0.25) is 9.59 Å². The highest BCUT2D eigenvalue weighted by molar-refractivity contribution is 7.12. The van der Waals surface area contributed by atoms with Crippen molar-refractivity contribution in [3.05, 3.63) is 45.0 Å². The van der Waals surface area contributed by atoms with Crippen LogP contribution in [-0.4, -0.2) is 34.7 Å². The molecule has 116 valence electrons. The molecule has 0 aliphatic rings. The van der Waals surface area contributed by atoms with Crippen molar-refractivity contribution >= 4 is 29.0 Å². The molecule has 2 aromatic rings. The summed E-state index contributed by atoms with van der Waals surface area (Å²) in [6, 6.07) is 2.97. The van der Waals surface area contributed by atoms with Gasteiger partial charge in [-0.1, -0.05) is 0 Å². The molecule has 6 nitrogen and oxygen atoms in total. The molecule has 1 N–H and O–H groups in total. The van der Waals surface area contributed by atoms with E-state index in [0.717, 1.165) is 0 Å². The maximum Gasteiger partial charge on any atom is 0.339 e. The number of rotatable bonds is 5. The lowest BCUT2D eigenvalue weighted by Crippen LogP contribution is -2.25. The van der Waals surface area contributed by atoms with Gasteiger partial charge in [0.25, 0.3) is 5.91 Å². The number of thiophene rings is 1. The number of Topliss-reactive ketones (excluding diaryl/α,β-unsaturated/α-hetero) is 1. The van der Waals surface area contributed by atoms with Crippen LogP contribution >= 0.6 is 11.3 Å². The monoisotopic (exact) mass is 321 g/mol. The number of carbonyl (C=O) groups excluding carboxylic acids is 2. The summed E-state index contributed by atoms with van der Waals surface area (Å²) in [5, 5.41) is 10.6. The lowest BCUT2D eigenvalue weighted by Gasteiger charge is -2.14. The van der Waals surface area contributed by atoms with Gasteiger partial charge in [-0.25, -0.2) is 4.79 Å². The van der Waals surface area contributed by atoms with E-state index in [1.54, 1.807) is 25.4 Å². The summed E-state index contributed by atoms with van der Waals surface area (Å²) in [6.45, 7) is 3.16. The van der Waals surface area contributed by atoms with Crippen molar-refractivity contribution in [2.45, 2.75) is 20.4 Å². The van der Waals surface area contributed by atoms with Crippen LogP contribution in [0.5, 0.6) is 0 Å². The van der Waals surface area contributed by atoms with Gasteiger partial charge in [0.1, 0.15) is 17.1 Å². The predicted molar refractivity (Wildman–Crippen MR) is 80.5 cm³/mol. The summed E-state index contributed by atoms with van der Waals surface area (Å²) in [7, 11) is 1.59. The minimum absolute atomic E-state index is 0.0887. The first-order valence-electron chi connectivity index (χ1n) is 6.47. The third-order valence-corrected chi connectivity index (χ3v) is 4.07. The van der Waals surface area contributed by atoms with Crippen molar-refractivity contribution in [2.24, 2.45) is 0 Å². The van der Waals surface area contributed by atoms with Crippen molar-refractivity contribution in [2.75, 3.05) is 7.05 Å². The first kappa shape index (κ1) is 16.0. The second-order valence-corrected chi connectivity index (χ2v) is 5.82. The SMILES string of the molecule is CC(=O)c1csc(C(=O)N(C)Cc2cc(C(=O)O)c(C)o2)c1. The lowest BCUT2D eigenvalue weighted by molar-refractivity contribution is 0.0693. The second-order valence-electron chi connectivity index (χ2n) is 4.90. The van der Waals surface area contributed by atoms with Crippen LogP contribution in [0.1, 0.15) is 48.8 Å². The molecule has 0 saturated heterocycles. The minimum Gasteiger partial charge on any atom is -0.478 e. The van der Waals surface area contributed by atoms with Crippen LogP contribution in [0.15, 0.2) is 21.9 Å². The lowest BCUT2D eigenvalue weighted by atomic mass is 10.2. The first-order valence-corrected chi connectivity index (χ1v) is 7.35. The van der Waals surface area contributed by atoms with Crippen LogP contribution < -0.4 is 0 Å². The zero-order chi connectivity index (χ0) is 16.4. The predicted octanol–water partition coefficient (Wildman–Crippen LogP) is 2.82. The Morgan fingerprint density at radius 1 is 1.32 bits per heavy atom. The number of carbonyl (C=O) groups is 3. The molecule has 2 heterocycles. The van der Waals surface area contributed by atoms with E-state index >= 15 is 0 Å². The molecular formula is C15H15NO5S. The smallest absolute Gasteiger partial charge is 0.339 e. The van der Waals surface area contributed by atoms with Gasteiger partial charge in [0.2, 0.25) is 0 Å². The summed E-state index contributed by atoms with van der Waals surface area (Å²) in [6.07, 6.45) is 0. The molecule has 1 amide bonds. The number of furan rings is 1. The molecule has 2 rings (SSSR count). The summed E-state index contributed by atoms with van der Waals surface area (Å²) in [5.74, 6) is -0.701. The van der Waals surface area contributed by atoms with E-state index in [9.17, 15) is 14.4 Å². The van der Waals surface area contributed by atoms with Gasteiger partial charge in [-0.05, 0) is 26.0 Å². The van der Waals surface area contributed by atoms with E-state index in [0.29, 0.717) is 22.0 Å². The van der Waals surface area contributed by atoms with Crippen molar-refractivity contribution in [3.8, 4) is 0 Å². The Bertz CT molecular complexity index is 743. The quantitative estimate of drug-likeness (QED) is 0.856. The number of hydrogen-bond acceptors (Lipinski definition) is 5. The number of amides is 1.